The second-order valence-corrected chi connectivity index (χ2v) is 7.79. The van der Waals surface area contributed by atoms with Crippen LogP contribution in [-0.2, 0) is 17.9 Å². The molecule has 6 heteroatoms. The predicted molar refractivity (Wildman–Crippen MR) is 134 cm³/mol. The van der Waals surface area contributed by atoms with Crippen LogP contribution in [0.3, 0.4) is 0 Å². The molecule has 2 aromatic carbocycles. The van der Waals surface area contributed by atoms with Crippen LogP contribution in [0.4, 0.5) is 0 Å². The van der Waals surface area contributed by atoms with E-state index >= 15 is 0 Å². The van der Waals surface area contributed by atoms with Crippen molar-refractivity contribution in [1.29, 1.82) is 0 Å². The largest absolute Gasteiger partial charge is 0.489 e. The van der Waals surface area contributed by atoms with Crippen molar-refractivity contribution in [2.75, 3.05) is 27.3 Å². The molecule has 1 aliphatic rings. The summed E-state index contributed by atoms with van der Waals surface area (Å²) in [5.74, 6) is 1.74. The number of hydrogen-bond donors (Lipinski definition) is 2. The van der Waals surface area contributed by atoms with Gasteiger partial charge < -0.3 is 20.1 Å². The molecule has 1 saturated carbocycles. The molecule has 0 spiro atoms. The molecule has 0 bridgehead atoms. The summed E-state index contributed by atoms with van der Waals surface area (Å²) in [6, 6.07) is 18.4. The minimum atomic E-state index is 0. The first-order chi connectivity index (χ1) is 14.2. The lowest BCUT2D eigenvalue weighted by Crippen LogP contribution is -2.46. The van der Waals surface area contributed by atoms with E-state index in [2.05, 4.69) is 39.9 Å². The monoisotopic (exact) mass is 523 g/mol. The van der Waals surface area contributed by atoms with Crippen molar-refractivity contribution in [1.82, 2.24) is 10.6 Å². The Bertz CT molecular complexity index is 762. The lowest BCUT2D eigenvalue weighted by molar-refractivity contribution is 0.0732. The Balaban J connectivity index is 0.00000320. The summed E-state index contributed by atoms with van der Waals surface area (Å²) >= 11 is 0. The van der Waals surface area contributed by atoms with Gasteiger partial charge in [-0.1, -0.05) is 48.9 Å². The predicted octanol–water partition coefficient (Wildman–Crippen LogP) is 4.76. The Morgan fingerprint density at radius 1 is 1.00 bits per heavy atom. The molecule has 0 radical (unpaired) electrons. The highest BCUT2D eigenvalue weighted by Gasteiger charge is 2.36. The number of aliphatic imine (C=N–C) groups is 1. The molecule has 0 amide bonds. The molecule has 2 aromatic rings. The van der Waals surface area contributed by atoms with Gasteiger partial charge in [0.25, 0.3) is 0 Å². The summed E-state index contributed by atoms with van der Waals surface area (Å²) < 4.78 is 11.1. The number of guanidine groups is 1. The lowest BCUT2D eigenvalue weighted by Gasteiger charge is -2.42. The molecule has 0 heterocycles. The Morgan fingerprint density at radius 2 is 1.70 bits per heavy atom. The first-order valence-electron chi connectivity index (χ1n) is 10.4. The van der Waals surface area contributed by atoms with Gasteiger partial charge >= 0.3 is 0 Å². The van der Waals surface area contributed by atoms with Gasteiger partial charge in [-0.2, -0.15) is 0 Å². The van der Waals surface area contributed by atoms with Crippen molar-refractivity contribution < 1.29 is 9.47 Å². The van der Waals surface area contributed by atoms with Crippen molar-refractivity contribution in [3.63, 3.8) is 0 Å². The highest BCUT2D eigenvalue weighted by Crippen LogP contribution is 2.43. The third-order valence-electron chi connectivity index (χ3n) is 5.74. The van der Waals surface area contributed by atoms with Crippen LogP contribution < -0.4 is 15.4 Å². The number of nitrogens with zero attached hydrogens (tertiary/aromatic N) is 1. The fourth-order valence-corrected chi connectivity index (χ4v) is 3.62. The summed E-state index contributed by atoms with van der Waals surface area (Å²) in [6.07, 6.45) is 4.97. The lowest BCUT2D eigenvalue weighted by atomic mass is 9.67. The number of rotatable bonds is 10. The molecule has 1 aliphatic carbocycles. The maximum Gasteiger partial charge on any atom is 0.191 e. The van der Waals surface area contributed by atoms with E-state index in [1.165, 1.54) is 24.8 Å². The van der Waals surface area contributed by atoms with Gasteiger partial charge in [-0.15, -0.1) is 24.0 Å². The van der Waals surface area contributed by atoms with E-state index in [-0.39, 0.29) is 24.0 Å². The van der Waals surface area contributed by atoms with E-state index in [1.807, 2.05) is 37.4 Å². The maximum atomic E-state index is 5.80. The minimum absolute atomic E-state index is 0. The summed E-state index contributed by atoms with van der Waals surface area (Å²) in [4.78, 5) is 4.37. The third-order valence-corrected chi connectivity index (χ3v) is 5.74. The standard InChI is InChI=1S/C24H33N3O2.HI/c1-25-23(27-19-24(13-6-14-24)15-16-28-2)26-17-20-9-11-21(12-10-20)18-29-22-7-4-3-5-8-22;/h3-5,7-12H,6,13-19H2,1-2H3,(H2,25,26,27);1H. The van der Waals surface area contributed by atoms with E-state index in [9.17, 15) is 0 Å². The molecule has 30 heavy (non-hydrogen) atoms. The second-order valence-electron chi connectivity index (χ2n) is 7.79. The molecule has 164 valence electrons. The van der Waals surface area contributed by atoms with Crippen LogP contribution in [0.15, 0.2) is 59.6 Å². The van der Waals surface area contributed by atoms with Crippen molar-refractivity contribution in [3.8, 4) is 5.75 Å². The zero-order valence-electron chi connectivity index (χ0n) is 18.0. The summed E-state index contributed by atoms with van der Waals surface area (Å²) in [5, 5.41) is 6.92. The van der Waals surface area contributed by atoms with Gasteiger partial charge in [-0.3, -0.25) is 4.99 Å². The van der Waals surface area contributed by atoms with Gasteiger partial charge in [0.15, 0.2) is 5.96 Å². The van der Waals surface area contributed by atoms with Crippen molar-refractivity contribution >= 4 is 29.9 Å². The van der Waals surface area contributed by atoms with Crippen molar-refractivity contribution in [2.45, 2.75) is 38.8 Å². The van der Waals surface area contributed by atoms with E-state index in [1.54, 1.807) is 7.11 Å². The highest BCUT2D eigenvalue weighted by molar-refractivity contribution is 14.0. The molecule has 0 atom stereocenters. The molecule has 0 unspecified atom stereocenters. The summed E-state index contributed by atoms with van der Waals surface area (Å²) in [7, 11) is 3.60. The number of methoxy groups -OCH3 is 1. The van der Waals surface area contributed by atoms with Crippen LogP contribution in [-0.4, -0.2) is 33.3 Å². The van der Waals surface area contributed by atoms with Crippen LogP contribution in [0.2, 0.25) is 0 Å². The molecule has 5 nitrogen and oxygen atoms in total. The Kier molecular flexibility index (Phi) is 10.4. The molecule has 0 aliphatic heterocycles. The second kappa shape index (κ2) is 12.8. The summed E-state index contributed by atoms with van der Waals surface area (Å²) in [5.41, 5.74) is 2.74. The molecule has 0 aromatic heterocycles. The quantitative estimate of drug-likeness (QED) is 0.268. The number of halogens is 1. The van der Waals surface area contributed by atoms with Gasteiger partial charge in [0.1, 0.15) is 12.4 Å². The zero-order valence-corrected chi connectivity index (χ0v) is 20.4. The zero-order chi connectivity index (χ0) is 20.4. The molecular weight excluding hydrogens is 489 g/mol. The average molecular weight is 523 g/mol. The first kappa shape index (κ1) is 24.5. The Hall–Kier alpha value is -1.80. The molecule has 0 saturated heterocycles. The molecular formula is C24H34IN3O2. The SMILES string of the molecule is CN=C(NCc1ccc(COc2ccccc2)cc1)NCC1(CCOC)CCC1.I. The fraction of sp³-hybridized carbons (Fsp3) is 0.458. The van der Waals surface area contributed by atoms with Crippen LogP contribution in [0.1, 0.15) is 36.8 Å². The summed E-state index contributed by atoms with van der Waals surface area (Å²) in [6.45, 7) is 3.09. The molecule has 3 rings (SSSR count). The first-order valence-corrected chi connectivity index (χ1v) is 10.4. The van der Waals surface area contributed by atoms with E-state index in [4.69, 9.17) is 9.47 Å². The Morgan fingerprint density at radius 3 is 2.30 bits per heavy atom. The maximum absolute atomic E-state index is 5.80. The fourth-order valence-electron chi connectivity index (χ4n) is 3.62. The van der Waals surface area contributed by atoms with Gasteiger partial charge in [-0.05, 0) is 47.9 Å². The molecule has 2 N–H and O–H groups in total. The topological polar surface area (TPSA) is 54.9 Å². The van der Waals surface area contributed by atoms with Crippen LogP contribution in [0.25, 0.3) is 0 Å². The van der Waals surface area contributed by atoms with Gasteiger partial charge in [0.05, 0.1) is 0 Å². The van der Waals surface area contributed by atoms with E-state index < -0.39 is 0 Å². The van der Waals surface area contributed by atoms with Gasteiger partial charge in [-0.25, -0.2) is 0 Å². The third kappa shape index (κ3) is 7.47. The van der Waals surface area contributed by atoms with Crippen molar-refractivity contribution in [2.24, 2.45) is 10.4 Å². The van der Waals surface area contributed by atoms with Crippen molar-refractivity contribution in [3.05, 3.63) is 65.7 Å². The van der Waals surface area contributed by atoms with Crippen LogP contribution in [0.5, 0.6) is 5.75 Å². The minimum Gasteiger partial charge on any atom is -0.489 e. The van der Waals surface area contributed by atoms with E-state index in [0.717, 1.165) is 43.4 Å². The number of hydrogen-bond acceptors (Lipinski definition) is 3. The Labute approximate surface area is 197 Å². The van der Waals surface area contributed by atoms with Crippen LogP contribution in [0, 0.1) is 5.41 Å². The smallest absolute Gasteiger partial charge is 0.191 e. The number of benzene rings is 2. The van der Waals surface area contributed by atoms with E-state index in [0.29, 0.717) is 12.0 Å². The van der Waals surface area contributed by atoms with Gasteiger partial charge in [0, 0.05) is 33.9 Å². The normalized spacial score (nSPS) is 14.9. The van der Waals surface area contributed by atoms with Crippen LogP contribution >= 0.6 is 24.0 Å². The highest BCUT2D eigenvalue weighted by atomic mass is 127. The number of para-hydroxylation sites is 1. The van der Waals surface area contributed by atoms with Gasteiger partial charge in [0.2, 0.25) is 0 Å². The average Bonchev–Trinajstić information content (AvgIpc) is 2.74. The molecule has 1 fully saturated rings. The number of nitrogens with one attached hydrogen (secondary N) is 2. The number of ether oxygens (including phenoxy) is 2.